The van der Waals surface area contributed by atoms with Crippen molar-refractivity contribution >= 4 is 44.7 Å². The fourth-order valence-electron chi connectivity index (χ4n) is 3.40. The second-order valence-corrected chi connectivity index (χ2v) is 8.72. The van der Waals surface area contributed by atoms with Crippen molar-refractivity contribution in [3.05, 3.63) is 64.3 Å². The van der Waals surface area contributed by atoms with Crippen LogP contribution in [-0.2, 0) is 4.79 Å². The highest BCUT2D eigenvalue weighted by Gasteiger charge is 2.27. The molecule has 0 fully saturated rings. The summed E-state index contributed by atoms with van der Waals surface area (Å²) in [5, 5.41) is 5.57. The van der Waals surface area contributed by atoms with Crippen LogP contribution in [0, 0.1) is 0 Å². The Morgan fingerprint density at radius 1 is 0.968 bits per heavy atom. The van der Waals surface area contributed by atoms with Crippen molar-refractivity contribution in [2.45, 2.75) is 19.8 Å². The number of hydrogen-bond acceptors (Lipinski definition) is 5. The molecule has 1 heterocycles. The van der Waals surface area contributed by atoms with Gasteiger partial charge in [0.1, 0.15) is 0 Å². The zero-order chi connectivity index (χ0) is 22.4. The van der Waals surface area contributed by atoms with Gasteiger partial charge in [0.2, 0.25) is 0 Å². The molecule has 2 N–H and O–H groups in total. The van der Waals surface area contributed by atoms with E-state index >= 15 is 0 Å². The van der Waals surface area contributed by atoms with E-state index in [-0.39, 0.29) is 5.91 Å². The smallest absolute Gasteiger partial charge is 0.260 e. The summed E-state index contributed by atoms with van der Waals surface area (Å²) >= 11 is 3.41. The molecule has 0 aliphatic carbocycles. The first-order chi connectivity index (χ1) is 14.9. The highest BCUT2D eigenvalue weighted by Crippen LogP contribution is 2.27. The Kier molecular flexibility index (Phi) is 7.87. The van der Waals surface area contributed by atoms with Crippen LogP contribution in [0.1, 0.15) is 35.7 Å². The van der Waals surface area contributed by atoms with E-state index < -0.39 is 5.91 Å². The third-order valence-electron chi connectivity index (χ3n) is 5.39. The lowest BCUT2D eigenvalue weighted by Gasteiger charge is -2.24. The summed E-state index contributed by atoms with van der Waals surface area (Å²) < 4.78 is 0.812. The number of halogens is 1. The first-order valence-corrected chi connectivity index (χ1v) is 11.3. The van der Waals surface area contributed by atoms with Crippen molar-refractivity contribution in [1.29, 1.82) is 0 Å². The van der Waals surface area contributed by atoms with Crippen molar-refractivity contribution in [2.24, 2.45) is 0 Å². The third-order valence-corrected chi connectivity index (χ3v) is 5.88. The summed E-state index contributed by atoms with van der Waals surface area (Å²) in [6.07, 6.45) is 4.09. The van der Waals surface area contributed by atoms with Gasteiger partial charge in [-0.15, -0.1) is 0 Å². The van der Waals surface area contributed by atoms with Crippen molar-refractivity contribution < 1.29 is 9.59 Å². The lowest BCUT2D eigenvalue weighted by atomic mass is 9.95. The number of benzene rings is 2. The first kappa shape index (κ1) is 23.0. The number of nitrogens with zero attached hydrogens (tertiary/aromatic N) is 2. The fourth-order valence-corrected chi connectivity index (χ4v) is 3.76. The maximum atomic E-state index is 12.4. The fraction of sp³-hybridized carbons (Fsp3) is 0.333. The summed E-state index contributed by atoms with van der Waals surface area (Å²) in [5.41, 5.74) is 3.52. The number of fused-ring (bicyclic) bond motifs is 1. The molecule has 0 bridgehead atoms. The second kappa shape index (κ2) is 10.6. The standard InChI is InChI=1S/C24H29BrN4O2/c1-4-5-12-28(2)13-14-29(3)19-9-7-18(8-10-19)26-16-22-21-15-17(25)6-11-20(21)23(30)27-24(22)31/h6-11,15-16,26H,4-5,12-14H2,1-3H3,(H,27,30,31)/b22-16-. The Morgan fingerprint density at radius 2 is 1.71 bits per heavy atom. The average Bonchev–Trinajstić information content (AvgIpc) is 2.76. The van der Waals surface area contributed by atoms with Gasteiger partial charge >= 0.3 is 0 Å². The van der Waals surface area contributed by atoms with Crippen molar-refractivity contribution in [2.75, 3.05) is 43.9 Å². The Balaban J connectivity index is 1.66. The van der Waals surface area contributed by atoms with Gasteiger partial charge in [0.25, 0.3) is 11.8 Å². The molecule has 0 aromatic heterocycles. The number of carbonyl (C=O) groups excluding carboxylic acids is 2. The minimum atomic E-state index is -0.411. The largest absolute Gasteiger partial charge is 0.373 e. The van der Waals surface area contributed by atoms with Gasteiger partial charge in [-0.2, -0.15) is 0 Å². The summed E-state index contributed by atoms with van der Waals surface area (Å²) in [7, 11) is 4.26. The first-order valence-electron chi connectivity index (χ1n) is 10.5. The molecule has 0 saturated heterocycles. The molecule has 7 heteroatoms. The number of carbonyl (C=O) groups is 2. The van der Waals surface area contributed by atoms with Crippen LogP contribution < -0.4 is 15.5 Å². The topological polar surface area (TPSA) is 64.7 Å². The van der Waals surface area contributed by atoms with Gasteiger partial charge in [0.15, 0.2) is 0 Å². The highest BCUT2D eigenvalue weighted by atomic mass is 79.9. The zero-order valence-electron chi connectivity index (χ0n) is 18.2. The Hall–Kier alpha value is -2.64. The summed E-state index contributed by atoms with van der Waals surface area (Å²) in [6.45, 7) is 5.31. The minimum Gasteiger partial charge on any atom is -0.373 e. The number of unbranched alkanes of at least 4 members (excludes halogenated alkanes) is 1. The Labute approximate surface area is 192 Å². The lowest BCUT2D eigenvalue weighted by Crippen LogP contribution is -2.36. The van der Waals surface area contributed by atoms with Gasteiger partial charge in [0.05, 0.1) is 5.57 Å². The molecule has 0 saturated carbocycles. The van der Waals surface area contributed by atoms with E-state index in [4.69, 9.17) is 0 Å². The molecule has 164 valence electrons. The number of hydrogen-bond donors (Lipinski definition) is 2. The Bertz CT molecular complexity index is 972. The summed E-state index contributed by atoms with van der Waals surface area (Å²) in [6, 6.07) is 13.4. The molecule has 0 spiro atoms. The van der Waals surface area contributed by atoms with E-state index in [9.17, 15) is 9.59 Å². The quantitative estimate of drug-likeness (QED) is 0.409. The molecule has 0 atom stereocenters. The third kappa shape index (κ3) is 5.95. The molecule has 2 aromatic carbocycles. The predicted octanol–water partition coefficient (Wildman–Crippen LogP) is 4.34. The van der Waals surface area contributed by atoms with Gasteiger partial charge in [-0.3, -0.25) is 14.9 Å². The van der Waals surface area contributed by atoms with E-state index in [2.05, 4.69) is 69.5 Å². The van der Waals surface area contributed by atoms with E-state index in [0.717, 1.165) is 35.5 Å². The predicted molar refractivity (Wildman–Crippen MR) is 130 cm³/mol. The maximum absolute atomic E-state index is 12.4. The molecule has 0 radical (unpaired) electrons. The molecule has 6 nitrogen and oxygen atoms in total. The highest BCUT2D eigenvalue weighted by molar-refractivity contribution is 9.10. The number of imide groups is 1. The monoisotopic (exact) mass is 484 g/mol. The van der Waals surface area contributed by atoms with E-state index in [1.165, 1.54) is 12.8 Å². The van der Waals surface area contributed by atoms with Gasteiger partial charge < -0.3 is 15.1 Å². The maximum Gasteiger partial charge on any atom is 0.260 e. The number of nitrogens with one attached hydrogen (secondary N) is 2. The molecule has 31 heavy (non-hydrogen) atoms. The van der Waals surface area contributed by atoms with Crippen LogP contribution in [0.3, 0.4) is 0 Å². The Morgan fingerprint density at radius 3 is 2.42 bits per heavy atom. The van der Waals surface area contributed by atoms with Gasteiger partial charge in [-0.1, -0.05) is 29.3 Å². The number of amides is 2. The van der Waals surface area contributed by atoms with Gasteiger partial charge in [-0.05, 0) is 62.5 Å². The normalized spacial score (nSPS) is 14.5. The van der Waals surface area contributed by atoms with Crippen LogP contribution in [0.4, 0.5) is 11.4 Å². The molecule has 2 aromatic rings. The molecule has 1 aliphatic rings. The zero-order valence-corrected chi connectivity index (χ0v) is 19.8. The molecular formula is C24H29BrN4O2. The van der Waals surface area contributed by atoms with E-state index in [0.29, 0.717) is 16.7 Å². The van der Waals surface area contributed by atoms with E-state index in [1.54, 1.807) is 24.4 Å². The van der Waals surface area contributed by atoms with Crippen LogP contribution in [0.2, 0.25) is 0 Å². The summed E-state index contributed by atoms with van der Waals surface area (Å²) in [4.78, 5) is 29.0. The van der Waals surface area contributed by atoms with Crippen LogP contribution in [0.25, 0.3) is 5.57 Å². The van der Waals surface area contributed by atoms with Crippen molar-refractivity contribution in [3.8, 4) is 0 Å². The van der Waals surface area contributed by atoms with Gasteiger partial charge in [0, 0.05) is 53.3 Å². The number of likely N-dealkylation sites (N-methyl/N-ethyl adjacent to an activating group) is 2. The van der Waals surface area contributed by atoms with E-state index in [1.807, 2.05) is 12.1 Å². The molecule has 3 rings (SSSR count). The van der Waals surface area contributed by atoms with Crippen LogP contribution in [-0.4, -0.2) is 50.4 Å². The number of anilines is 2. The average molecular weight is 485 g/mol. The van der Waals surface area contributed by atoms with Gasteiger partial charge in [-0.25, -0.2) is 0 Å². The molecular weight excluding hydrogens is 456 g/mol. The second-order valence-electron chi connectivity index (χ2n) is 7.80. The summed E-state index contributed by atoms with van der Waals surface area (Å²) in [5.74, 6) is -0.788. The van der Waals surface area contributed by atoms with Crippen molar-refractivity contribution in [3.63, 3.8) is 0 Å². The minimum absolute atomic E-state index is 0.377. The SMILES string of the molecule is CCCCN(C)CCN(C)c1ccc(N/C=C2\C(=O)NC(=O)c3ccc(Br)cc32)cc1. The molecule has 1 aliphatic heterocycles. The molecule has 0 unspecified atom stereocenters. The van der Waals surface area contributed by atoms with Crippen LogP contribution >= 0.6 is 15.9 Å². The van der Waals surface area contributed by atoms with Crippen LogP contribution in [0.5, 0.6) is 0 Å². The molecule has 2 amide bonds. The lowest BCUT2D eigenvalue weighted by molar-refractivity contribution is -0.114. The van der Waals surface area contributed by atoms with Crippen LogP contribution in [0.15, 0.2) is 53.1 Å². The van der Waals surface area contributed by atoms with Crippen molar-refractivity contribution in [1.82, 2.24) is 10.2 Å². The number of rotatable bonds is 9.